The Labute approximate surface area is 148 Å². The van der Waals surface area contributed by atoms with Crippen molar-refractivity contribution in [3.05, 3.63) is 63.3 Å². The van der Waals surface area contributed by atoms with E-state index < -0.39 is 11.7 Å². The molecule has 116 valence electrons. The molecule has 0 bridgehead atoms. The Bertz CT molecular complexity index is 866. The molecule has 0 saturated carbocycles. The highest BCUT2D eigenvalue weighted by Crippen LogP contribution is 2.24. The molecule has 23 heavy (non-hydrogen) atoms. The first kappa shape index (κ1) is 16.0. The fraction of sp³-hybridized carbons (Fsp3) is 0. The monoisotopic (exact) mass is 411 g/mol. The van der Waals surface area contributed by atoms with Crippen molar-refractivity contribution >= 4 is 50.1 Å². The number of amides is 1. The van der Waals surface area contributed by atoms with E-state index in [0.717, 1.165) is 23.2 Å². The van der Waals surface area contributed by atoms with Crippen molar-refractivity contribution in [2.24, 2.45) is 0 Å². The Hall–Kier alpha value is -1.83. The SMILES string of the molecule is O=C(Nc1nc(-c2cccc(Cl)c2)ns1)c1cc(F)cc(Br)c1. The van der Waals surface area contributed by atoms with Crippen molar-refractivity contribution in [1.29, 1.82) is 0 Å². The van der Waals surface area contributed by atoms with Gasteiger partial charge in [-0.05, 0) is 30.3 Å². The maximum Gasteiger partial charge on any atom is 0.257 e. The van der Waals surface area contributed by atoms with Gasteiger partial charge in [0, 0.05) is 32.2 Å². The maximum atomic E-state index is 13.3. The molecule has 3 rings (SSSR count). The molecular formula is C15H8BrClFN3OS. The number of nitrogens with zero attached hydrogens (tertiary/aromatic N) is 2. The van der Waals surface area contributed by atoms with E-state index in [2.05, 4.69) is 30.6 Å². The van der Waals surface area contributed by atoms with E-state index in [9.17, 15) is 9.18 Å². The van der Waals surface area contributed by atoms with E-state index in [1.165, 1.54) is 12.1 Å². The number of carbonyl (C=O) groups is 1. The lowest BCUT2D eigenvalue weighted by Gasteiger charge is -2.02. The van der Waals surface area contributed by atoms with Crippen LogP contribution >= 0.6 is 39.1 Å². The van der Waals surface area contributed by atoms with Gasteiger partial charge in [-0.3, -0.25) is 10.1 Å². The number of carbonyl (C=O) groups excluding carboxylic acids is 1. The predicted octanol–water partition coefficient (Wildman–Crippen LogP) is 5.01. The first-order valence-corrected chi connectivity index (χ1v) is 8.33. The van der Waals surface area contributed by atoms with Crippen LogP contribution in [0.2, 0.25) is 5.02 Å². The van der Waals surface area contributed by atoms with Gasteiger partial charge in [0.15, 0.2) is 5.82 Å². The van der Waals surface area contributed by atoms with Gasteiger partial charge >= 0.3 is 0 Å². The van der Waals surface area contributed by atoms with Crippen LogP contribution in [0.15, 0.2) is 46.9 Å². The van der Waals surface area contributed by atoms with Crippen LogP contribution in [0.3, 0.4) is 0 Å². The first-order valence-electron chi connectivity index (χ1n) is 6.38. The Morgan fingerprint density at radius 2 is 2.09 bits per heavy atom. The second kappa shape index (κ2) is 6.74. The highest BCUT2D eigenvalue weighted by Gasteiger charge is 2.13. The van der Waals surface area contributed by atoms with Gasteiger partial charge in [-0.2, -0.15) is 9.36 Å². The van der Waals surface area contributed by atoms with Crippen LogP contribution in [0.4, 0.5) is 9.52 Å². The number of benzene rings is 2. The van der Waals surface area contributed by atoms with E-state index in [0.29, 0.717) is 20.5 Å². The van der Waals surface area contributed by atoms with Crippen molar-refractivity contribution in [1.82, 2.24) is 9.36 Å². The highest BCUT2D eigenvalue weighted by molar-refractivity contribution is 9.10. The van der Waals surface area contributed by atoms with Gasteiger partial charge in [0.05, 0.1) is 0 Å². The molecule has 0 spiro atoms. The zero-order valence-electron chi connectivity index (χ0n) is 11.4. The van der Waals surface area contributed by atoms with Gasteiger partial charge in [-0.25, -0.2) is 4.39 Å². The summed E-state index contributed by atoms with van der Waals surface area (Å²) in [6, 6.07) is 11.1. The fourth-order valence-electron chi connectivity index (χ4n) is 1.87. The second-order valence-corrected chi connectivity index (χ2v) is 6.65. The summed E-state index contributed by atoms with van der Waals surface area (Å²) in [6.45, 7) is 0. The molecule has 0 aliphatic heterocycles. The van der Waals surface area contributed by atoms with Crippen molar-refractivity contribution in [3.63, 3.8) is 0 Å². The number of hydrogen-bond acceptors (Lipinski definition) is 4. The molecule has 1 amide bonds. The molecule has 3 aromatic rings. The summed E-state index contributed by atoms with van der Waals surface area (Å²) in [7, 11) is 0. The minimum absolute atomic E-state index is 0.191. The van der Waals surface area contributed by atoms with Crippen molar-refractivity contribution < 1.29 is 9.18 Å². The summed E-state index contributed by atoms with van der Waals surface area (Å²) in [6.07, 6.45) is 0. The van der Waals surface area contributed by atoms with Crippen LogP contribution < -0.4 is 5.32 Å². The summed E-state index contributed by atoms with van der Waals surface area (Å²) in [4.78, 5) is 16.4. The molecule has 0 aliphatic carbocycles. The maximum absolute atomic E-state index is 13.3. The lowest BCUT2D eigenvalue weighted by atomic mass is 10.2. The van der Waals surface area contributed by atoms with Crippen molar-refractivity contribution in [2.45, 2.75) is 0 Å². The quantitative estimate of drug-likeness (QED) is 0.658. The van der Waals surface area contributed by atoms with Crippen LogP contribution in [0.1, 0.15) is 10.4 Å². The molecule has 0 fully saturated rings. The number of rotatable bonds is 3. The third-order valence-corrected chi connectivity index (χ3v) is 4.18. The van der Waals surface area contributed by atoms with Gasteiger partial charge in [0.2, 0.25) is 5.13 Å². The average Bonchev–Trinajstić information content (AvgIpc) is 2.95. The van der Waals surface area contributed by atoms with E-state index in [1.54, 1.807) is 18.2 Å². The minimum Gasteiger partial charge on any atom is -0.297 e. The molecule has 1 heterocycles. The van der Waals surface area contributed by atoms with E-state index in [-0.39, 0.29) is 5.56 Å². The number of anilines is 1. The van der Waals surface area contributed by atoms with Gasteiger partial charge in [-0.1, -0.05) is 39.7 Å². The molecule has 1 N–H and O–H groups in total. The van der Waals surface area contributed by atoms with Crippen LogP contribution in [0.25, 0.3) is 11.4 Å². The zero-order chi connectivity index (χ0) is 16.4. The second-order valence-electron chi connectivity index (χ2n) is 4.55. The van der Waals surface area contributed by atoms with E-state index in [4.69, 9.17) is 11.6 Å². The highest BCUT2D eigenvalue weighted by atomic mass is 79.9. The minimum atomic E-state index is -0.499. The largest absolute Gasteiger partial charge is 0.297 e. The molecule has 0 radical (unpaired) electrons. The van der Waals surface area contributed by atoms with Crippen LogP contribution in [-0.4, -0.2) is 15.3 Å². The summed E-state index contributed by atoms with van der Waals surface area (Å²) in [5.74, 6) is -0.492. The summed E-state index contributed by atoms with van der Waals surface area (Å²) in [5.41, 5.74) is 0.944. The van der Waals surface area contributed by atoms with Gasteiger partial charge in [-0.15, -0.1) is 0 Å². The van der Waals surface area contributed by atoms with Gasteiger partial charge in [0.25, 0.3) is 5.91 Å². The Morgan fingerprint density at radius 1 is 1.26 bits per heavy atom. The molecule has 0 aliphatic rings. The lowest BCUT2D eigenvalue weighted by molar-refractivity contribution is 0.102. The Balaban J connectivity index is 1.80. The lowest BCUT2D eigenvalue weighted by Crippen LogP contribution is -2.12. The van der Waals surface area contributed by atoms with Crippen molar-refractivity contribution in [3.8, 4) is 11.4 Å². The Morgan fingerprint density at radius 3 is 2.83 bits per heavy atom. The fourth-order valence-corrected chi connectivity index (χ4v) is 3.11. The molecule has 0 atom stereocenters. The first-order chi connectivity index (χ1) is 11.0. The summed E-state index contributed by atoms with van der Waals surface area (Å²) >= 11 is 10.1. The smallest absolute Gasteiger partial charge is 0.257 e. The van der Waals surface area contributed by atoms with E-state index in [1.807, 2.05) is 6.07 Å². The standard InChI is InChI=1S/C15H8BrClFN3OS/c16-10-4-9(6-12(18)7-10)14(22)20-15-19-13(21-23-15)8-2-1-3-11(17)5-8/h1-7H,(H,19,20,21,22). The zero-order valence-corrected chi connectivity index (χ0v) is 14.5. The number of halogens is 3. The molecular weight excluding hydrogens is 405 g/mol. The number of hydrogen-bond donors (Lipinski definition) is 1. The van der Waals surface area contributed by atoms with Crippen molar-refractivity contribution in [2.75, 3.05) is 5.32 Å². The van der Waals surface area contributed by atoms with Crippen LogP contribution in [-0.2, 0) is 0 Å². The number of nitrogens with one attached hydrogen (secondary N) is 1. The topological polar surface area (TPSA) is 54.9 Å². The summed E-state index contributed by atoms with van der Waals surface area (Å²) < 4.78 is 18.0. The number of aromatic nitrogens is 2. The molecule has 0 saturated heterocycles. The van der Waals surface area contributed by atoms with Crippen LogP contribution in [0, 0.1) is 5.82 Å². The third kappa shape index (κ3) is 3.93. The van der Waals surface area contributed by atoms with E-state index >= 15 is 0 Å². The normalized spacial score (nSPS) is 10.6. The summed E-state index contributed by atoms with van der Waals surface area (Å²) in [5, 5.41) is 3.50. The average molecular weight is 413 g/mol. The molecule has 2 aromatic carbocycles. The van der Waals surface area contributed by atoms with Gasteiger partial charge < -0.3 is 0 Å². The molecule has 1 aromatic heterocycles. The molecule has 0 unspecified atom stereocenters. The molecule has 8 heteroatoms. The molecule has 4 nitrogen and oxygen atoms in total. The third-order valence-electron chi connectivity index (χ3n) is 2.85. The predicted molar refractivity (Wildman–Crippen MR) is 92.4 cm³/mol. The van der Waals surface area contributed by atoms with Gasteiger partial charge in [0.1, 0.15) is 5.82 Å². The van der Waals surface area contributed by atoms with Crippen LogP contribution in [0.5, 0.6) is 0 Å². The Kier molecular flexibility index (Phi) is 4.70.